The largest absolute Gasteiger partial charge is 0.359 e. The van der Waals surface area contributed by atoms with Crippen LogP contribution in [0.3, 0.4) is 0 Å². The zero-order valence-electron chi connectivity index (χ0n) is 10.8. The number of nitrogens with one attached hydrogen (secondary N) is 1. The summed E-state index contributed by atoms with van der Waals surface area (Å²) >= 11 is 0. The van der Waals surface area contributed by atoms with E-state index in [0.29, 0.717) is 6.54 Å². The van der Waals surface area contributed by atoms with E-state index in [0.717, 1.165) is 12.1 Å². The molecular weight excluding hydrogens is 245 g/mol. The van der Waals surface area contributed by atoms with E-state index in [4.69, 9.17) is 5.26 Å². The molecule has 0 bridgehead atoms. The van der Waals surface area contributed by atoms with Crippen molar-refractivity contribution in [3.8, 4) is 6.07 Å². The number of hydrogen-bond donors (Lipinski definition) is 1. The lowest BCUT2D eigenvalue weighted by Crippen LogP contribution is -2.45. The number of rotatable bonds is 2. The van der Waals surface area contributed by atoms with Gasteiger partial charge >= 0.3 is 0 Å². The molecule has 1 aromatic rings. The molecule has 0 radical (unpaired) electrons. The Morgan fingerprint density at radius 2 is 2.16 bits per heavy atom. The third-order valence-electron chi connectivity index (χ3n) is 3.31. The molecule has 1 N–H and O–H groups in total. The number of halogens is 1. The highest BCUT2D eigenvalue weighted by molar-refractivity contribution is 5.86. The van der Waals surface area contributed by atoms with Gasteiger partial charge in [-0.15, -0.1) is 0 Å². The average Bonchev–Trinajstić information content (AvgIpc) is 2.51. The van der Waals surface area contributed by atoms with Gasteiger partial charge in [-0.05, 0) is 37.6 Å². The molecule has 0 spiro atoms. The Morgan fingerprint density at radius 1 is 1.47 bits per heavy atom. The Hall–Kier alpha value is -2.09. The number of amides is 1. The average molecular weight is 261 g/mol. The lowest BCUT2D eigenvalue weighted by atomic mass is 10.1. The Morgan fingerprint density at radius 3 is 2.79 bits per heavy atom. The number of benzene rings is 1. The van der Waals surface area contributed by atoms with Gasteiger partial charge in [0, 0.05) is 18.3 Å². The maximum Gasteiger partial charge on any atom is 0.243 e. The van der Waals surface area contributed by atoms with Crippen molar-refractivity contribution in [2.45, 2.75) is 31.8 Å². The third-order valence-corrected chi connectivity index (χ3v) is 3.31. The summed E-state index contributed by atoms with van der Waals surface area (Å²) < 4.78 is 13.0. The van der Waals surface area contributed by atoms with E-state index in [1.54, 1.807) is 12.1 Å². The van der Waals surface area contributed by atoms with Crippen LogP contribution < -0.4 is 10.2 Å². The van der Waals surface area contributed by atoms with Crippen molar-refractivity contribution in [2.24, 2.45) is 0 Å². The summed E-state index contributed by atoms with van der Waals surface area (Å²) in [6.45, 7) is 2.60. The molecule has 1 heterocycles. The fourth-order valence-electron chi connectivity index (χ4n) is 2.27. The first-order chi connectivity index (χ1) is 9.11. The number of nitrogens with zero attached hydrogens (tertiary/aromatic N) is 2. The van der Waals surface area contributed by atoms with E-state index in [1.807, 2.05) is 17.9 Å². The third kappa shape index (κ3) is 3.02. The van der Waals surface area contributed by atoms with Crippen molar-refractivity contribution in [2.75, 3.05) is 11.4 Å². The van der Waals surface area contributed by atoms with Gasteiger partial charge in [-0.25, -0.2) is 4.39 Å². The highest BCUT2D eigenvalue weighted by atomic mass is 19.1. The van der Waals surface area contributed by atoms with Gasteiger partial charge < -0.3 is 10.2 Å². The molecule has 1 saturated heterocycles. The van der Waals surface area contributed by atoms with Crippen LogP contribution in [-0.4, -0.2) is 24.5 Å². The minimum absolute atomic E-state index is 0.0825. The van der Waals surface area contributed by atoms with Gasteiger partial charge in [0.1, 0.15) is 11.9 Å². The van der Waals surface area contributed by atoms with Crippen LogP contribution in [0.25, 0.3) is 0 Å². The molecule has 1 amide bonds. The number of anilines is 1. The van der Waals surface area contributed by atoms with E-state index in [2.05, 4.69) is 5.32 Å². The Balaban J connectivity index is 2.30. The van der Waals surface area contributed by atoms with Crippen LogP contribution in [0.1, 0.15) is 19.8 Å². The monoisotopic (exact) mass is 261 g/mol. The second-order valence-corrected chi connectivity index (χ2v) is 4.75. The second kappa shape index (κ2) is 5.70. The van der Waals surface area contributed by atoms with E-state index in [9.17, 15) is 9.18 Å². The first-order valence-corrected chi connectivity index (χ1v) is 6.31. The van der Waals surface area contributed by atoms with Crippen LogP contribution in [0, 0.1) is 17.1 Å². The first kappa shape index (κ1) is 13.3. The van der Waals surface area contributed by atoms with E-state index in [-0.39, 0.29) is 24.2 Å². The smallest absolute Gasteiger partial charge is 0.243 e. The van der Waals surface area contributed by atoms with Crippen molar-refractivity contribution in [1.29, 1.82) is 5.26 Å². The molecule has 1 aliphatic heterocycles. The first-order valence-electron chi connectivity index (χ1n) is 6.31. The Kier molecular flexibility index (Phi) is 4.00. The van der Waals surface area contributed by atoms with Gasteiger partial charge in [0.25, 0.3) is 0 Å². The maximum absolute atomic E-state index is 13.0. The van der Waals surface area contributed by atoms with Crippen LogP contribution in [0.4, 0.5) is 10.1 Å². The summed E-state index contributed by atoms with van der Waals surface area (Å²) in [5.41, 5.74) is 0.769. The molecule has 5 heteroatoms. The lowest BCUT2D eigenvalue weighted by molar-refractivity contribution is -0.122. The standard InChI is InChI=1S/C14H16FN3O/c1-10-7-9-18(12-4-2-11(15)3-5-12)13(6-8-16)14(19)17-10/h2-5,10,13H,6-7,9H2,1H3,(H,17,19). The number of carbonyl (C=O) groups excluding carboxylic acids is 1. The van der Waals surface area contributed by atoms with E-state index >= 15 is 0 Å². The summed E-state index contributed by atoms with van der Waals surface area (Å²) in [7, 11) is 0. The molecule has 0 aromatic heterocycles. The Labute approximate surface area is 111 Å². The summed E-state index contributed by atoms with van der Waals surface area (Å²) in [5, 5.41) is 11.8. The van der Waals surface area contributed by atoms with Gasteiger partial charge in [-0.2, -0.15) is 5.26 Å². The van der Waals surface area contributed by atoms with E-state index in [1.165, 1.54) is 12.1 Å². The molecule has 19 heavy (non-hydrogen) atoms. The number of nitriles is 1. The number of hydrogen-bond acceptors (Lipinski definition) is 3. The summed E-state index contributed by atoms with van der Waals surface area (Å²) in [4.78, 5) is 14.0. The molecule has 0 saturated carbocycles. The van der Waals surface area contributed by atoms with Gasteiger partial charge in [0.15, 0.2) is 0 Å². The molecule has 2 unspecified atom stereocenters. The second-order valence-electron chi connectivity index (χ2n) is 4.75. The molecule has 1 aliphatic rings. The van der Waals surface area contributed by atoms with Gasteiger partial charge in [-0.3, -0.25) is 4.79 Å². The molecule has 2 rings (SSSR count). The normalized spacial score (nSPS) is 23.4. The highest BCUT2D eigenvalue weighted by Crippen LogP contribution is 2.22. The molecule has 1 fully saturated rings. The number of carbonyl (C=O) groups is 1. The van der Waals surface area contributed by atoms with Crippen molar-refractivity contribution < 1.29 is 9.18 Å². The van der Waals surface area contributed by atoms with Crippen LogP contribution >= 0.6 is 0 Å². The zero-order valence-corrected chi connectivity index (χ0v) is 10.8. The lowest BCUT2D eigenvalue weighted by Gasteiger charge is -2.28. The molecule has 4 nitrogen and oxygen atoms in total. The molecule has 1 aromatic carbocycles. The Bertz CT molecular complexity index is 494. The molecule has 0 aliphatic carbocycles. The van der Waals surface area contributed by atoms with Crippen molar-refractivity contribution >= 4 is 11.6 Å². The summed E-state index contributed by atoms with van der Waals surface area (Å²) in [6.07, 6.45) is 0.918. The van der Waals surface area contributed by atoms with Crippen LogP contribution in [0.15, 0.2) is 24.3 Å². The van der Waals surface area contributed by atoms with Gasteiger partial charge in [0.05, 0.1) is 12.5 Å². The molecular formula is C14H16FN3O. The van der Waals surface area contributed by atoms with E-state index < -0.39 is 6.04 Å². The van der Waals surface area contributed by atoms with Crippen LogP contribution in [-0.2, 0) is 4.79 Å². The minimum atomic E-state index is -0.514. The fraction of sp³-hybridized carbons (Fsp3) is 0.429. The SMILES string of the molecule is CC1CCN(c2ccc(F)cc2)C(CC#N)C(=O)N1. The predicted molar refractivity (Wildman–Crippen MR) is 70.0 cm³/mol. The van der Waals surface area contributed by atoms with Crippen molar-refractivity contribution in [1.82, 2.24) is 5.32 Å². The summed E-state index contributed by atoms with van der Waals surface area (Å²) in [5.74, 6) is -0.455. The fourth-order valence-corrected chi connectivity index (χ4v) is 2.27. The minimum Gasteiger partial charge on any atom is -0.359 e. The van der Waals surface area contributed by atoms with Crippen LogP contribution in [0.5, 0.6) is 0 Å². The quantitative estimate of drug-likeness (QED) is 0.883. The summed E-state index contributed by atoms with van der Waals surface area (Å²) in [6, 6.07) is 7.63. The predicted octanol–water partition coefficient (Wildman–Crippen LogP) is 1.82. The molecule has 100 valence electrons. The van der Waals surface area contributed by atoms with Gasteiger partial charge in [0.2, 0.25) is 5.91 Å². The van der Waals surface area contributed by atoms with Gasteiger partial charge in [-0.1, -0.05) is 0 Å². The maximum atomic E-state index is 13.0. The zero-order chi connectivity index (χ0) is 13.8. The van der Waals surface area contributed by atoms with Crippen molar-refractivity contribution in [3.63, 3.8) is 0 Å². The highest BCUT2D eigenvalue weighted by Gasteiger charge is 2.30. The topological polar surface area (TPSA) is 56.1 Å². The van der Waals surface area contributed by atoms with Crippen LogP contribution in [0.2, 0.25) is 0 Å². The molecule has 2 atom stereocenters. The van der Waals surface area contributed by atoms with Crippen molar-refractivity contribution in [3.05, 3.63) is 30.1 Å².